The van der Waals surface area contributed by atoms with Crippen LogP contribution in [0.5, 0.6) is 34.5 Å². The van der Waals surface area contributed by atoms with Crippen LogP contribution in [0.2, 0.25) is 0 Å². The van der Waals surface area contributed by atoms with Crippen LogP contribution < -0.4 is 44.8 Å². The molecule has 0 unspecified atom stereocenters. The second-order valence-corrected chi connectivity index (χ2v) is 14.0. The summed E-state index contributed by atoms with van der Waals surface area (Å²) >= 11 is 0. The van der Waals surface area contributed by atoms with Gasteiger partial charge in [0.25, 0.3) is 0 Å². The van der Waals surface area contributed by atoms with E-state index in [9.17, 15) is 0 Å². The highest BCUT2D eigenvalue weighted by Crippen LogP contribution is 2.26. The minimum Gasteiger partial charge on any atom is -0.493 e. The summed E-state index contributed by atoms with van der Waals surface area (Å²) in [5.74, 6) is 4.20. The molecular weight excluding hydrogens is 681 g/mol. The van der Waals surface area contributed by atoms with Gasteiger partial charge < -0.3 is 42.1 Å². The van der Waals surface area contributed by atoms with Crippen molar-refractivity contribution < 1.29 is 42.1 Å². The van der Waals surface area contributed by atoms with Gasteiger partial charge in [-0.25, -0.2) is 0 Å². The summed E-state index contributed by atoms with van der Waals surface area (Å²) < 4.78 is 58.1. The van der Waals surface area contributed by atoms with Crippen LogP contribution in [0.15, 0.2) is 91.1 Å². The normalized spacial score (nSPS) is 21.0. The SMILES string of the molecule is C1=C\CCCOc2cc3cc(c2)B2OB4OB(O2)c2cc(cc(c2)OCCC/C=C\CCCO3)OCCC/C=C\CCCOc2cc(cc4c2)OCCC/1. The number of allylic oxidation sites excluding steroid dienone is 6. The Morgan fingerprint density at radius 2 is 0.481 bits per heavy atom. The maximum Gasteiger partial charge on any atom is 0.467 e. The molecule has 1 saturated heterocycles. The first kappa shape index (κ1) is 38.0. The highest BCUT2D eigenvalue weighted by Gasteiger charge is 2.44. The van der Waals surface area contributed by atoms with Crippen molar-refractivity contribution in [2.45, 2.75) is 77.0 Å². The molecule has 0 amide bonds. The topological polar surface area (TPSA) is 83.1 Å². The molecule has 7 rings (SSSR count). The lowest BCUT2D eigenvalue weighted by atomic mass is 9.61. The minimum absolute atomic E-state index is 0.572. The van der Waals surface area contributed by atoms with Gasteiger partial charge in [-0.2, -0.15) is 0 Å². The third-order valence-corrected chi connectivity index (χ3v) is 9.47. The molecule has 0 saturated carbocycles. The number of fused-ring (bicyclic) bond motifs is 6. The number of hydrogen-bond donors (Lipinski definition) is 0. The molecule has 12 heteroatoms. The molecule has 1 fully saturated rings. The van der Waals surface area contributed by atoms with Gasteiger partial charge in [0.15, 0.2) is 0 Å². The first-order chi connectivity index (χ1) is 26.7. The lowest BCUT2D eigenvalue weighted by Gasteiger charge is -2.32. The van der Waals surface area contributed by atoms with Gasteiger partial charge in [0.05, 0.1) is 39.6 Å². The van der Waals surface area contributed by atoms with Gasteiger partial charge in [-0.1, -0.05) is 36.5 Å². The smallest absolute Gasteiger partial charge is 0.467 e. The molecule has 0 spiro atoms. The van der Waals surface area contributed by atoms with E-state index >= 15 is 0 Å². The van der Waals surface area contributed by atoms with Gasteiger partial charge in [-0.3, -0.25) is 0 Å². The van der Waals surface area contributed by atoms with Crippen molar-refractivity contribution in [3.8, 4) is 34.5 Å². The van der Waals surface area contributed by atoms with Crippen LogP contribution in [0, 0.1) is 0 Å². The monoisotopic (exact) mass is 732 g/mol. The Morgan fingerprint density at radius 1 is 0.278 bits per heavy atom. The summed E-state index contributed by atoms with van der Waals surface area (Å²) in [4.78, 5) is 0. The van der Waals surface area contributed by atoms with Gasteiger partial charge in [-0.05, 0) is 130 Å². The van der Waals surface area contributed by atoms with E-state index in [0.29, 0.717) is 74.1 Å². The van der Waals surface area contributed by atoms with Crippen LogP contribution >= 0.6 is 0 Å². The summed E-state index contributed by atoms with van der Waals surface area (Å²) in [5.41, 5.74) is 2.28. The van der Waals surface area contributed by atoms with Gasteiger partial charge >= 0.3 is 21.4 Å². The molecule has 0 aliphatic carbocycles. The fraction of sp³-hybridized carbons (Fsp3) is 0.429. The molecule has 0 atom stereocenters. The highest BCUT2D eigenvalue weighted by molar-refractivity contribution is 6.87. The fourth-order valence-corrected chi connectivity index (χ4v) is 6.65. The Hall–Kier alpha value is -4.25. The van der Waals surface area contributed by atoms with E-state index in [1.807, 2.05) is 54.6 Å². The number of benzene rings is 3. The third-order valence-electron chi connectivity index (χ3n) is 9.47. The lowest BCUT2D eigenvalue weighted by Crippen LogP contribution is -2.61. The Morgan fingerprint density at radius 3 is 0.685 bits per heavy atom. The molecule has 3 aromatic carbocycles. The van der Waals surface area contributed by atoms with E-state index in [0.717, 1.165) is 93.4 Å². The van der Waals surface area contributed by atoms with Crippen molar-refractivity contribution in [1.29, 1.82) is 0 Å². The molecule has 282 valence electrons. The Kier molecular flexibility index (Phi) is 14.4. The summed E-state index contributed by atoms with van der Waals surface area (Å²) in [6, 6.07) is 17.7. The average molecular weight is 732 g/mol. The van der Waals surface area contributed by atoms with Crippen LogP contribution in [-0.4, -0.2) is 61.0 Å². The van der Waals surface area contributed by atoms with Gasteiger partial charge in [0, 0.05) is 18.2 Å². The zero-order valence-electron chi connectivity index (χ0n) is 31.3. The molecule has 0 aromatic heterocycles. The molecule has 4 aliphatic rings. The van der Waals surface area contributed by atoms with Crippen LogP contribution in [0.25, 0.3) is 0 Å². The maximum atomic E-state index is 6.73. The third kappa shape index (κ3) is 11.6. The van der Waals surface area contributed by atoms with E-state index in [1.54, 1.807) is 0 Å². The molecule has 4 aliphatic heterocycles. The lowest BCUT2D eigenvalue weighted by molar-refractivity contribution is 0.292. The molecule has 0 N–H and O–H groups in total. The van der Waals surface area contributed by atoms with Crippen LogP contribution in [0.4, 0.5) is 0 Å². The van der Waals surface area contributed by atoms with Crippen molar-refractivity contribution >= 4 is 37.7 Å². The van der Waals surface area contributed by atoms with Crippen molar-refractivity contribution in [2.75, 3.05) is 39.6 Å². The van der Waals surface area contributed by atoms with Crippen LogP contribution in [-0.2, 0) is 13.7 Å². The molecular formula is C42H51B3O9. The Labute approximate surface area is 321 Å². The highest BCUT2D eigenvalue weighted by atomic mass is 16.7. The zero-order chi connectivity index (χ0) is 36.6. The van der Waals surface area contributed by atoms with E-state index in [-0.39, 0.29) is 0 Å². The van der Waals surface area contributed by atoms with Gasteiger partial charge in [-0.15, -0.1) is 0 Å². The predicted molar refractivity (Wildman–Crippen MR) is 215 cm³/mol. The van der Waals surface area contributed by atoms with E-state index in [4.69, 9.17) is 42.1 Å². The van der Waals surface area contributed by atoms with E-state index in [1.165, 1.54) is 0 Å². The second kappa shape index (κ2) is 20.4. The minimum atomic E-state index is -0.835. The largest absolute Gasteiger partial charge is 0.493 e. The van der Waals surface area contributed by atoms with Gasteiger partial charge in [0.1, 0.15) is 34.5 Å². The molecule has 12 bridgehead atoms. The van der Waals surface area contributed by atoms with Crippen LogP contribution in [0.3, 0.4) is 0 Å². The Bertz CT molecular complexity index is 1430. The summed E-state index contributed by atoms with van der Waals surface area (Å²) in [6.45, 7) is 3.43. The molecule has 4 heterocycles. The number of ether oxygens (including phenoxy) is 6. The number of rotatable bonds is 0. The van der Waals surface area contributed by atoms with Crippen molar-refractivity contribution in [2.24, 2.45) is 0 Å². The first-order valence-corrected chi connectivity index (χ1v) is 19.9. The maximum absolute atomic E-state index is 6.73. The van der Waals surface area contributed by atoms with E-state index in [2.05, 4.69) is 36.5 Å². The van der Waals surface area contributed by atoms with Crippen molar-refractivity contribution in [3.05, 3.63) is 91.1 Å². The summed E-state index contributed by atoms with van der Waals surface area (Å²) in [6.07, 6.45) is 24.3. The predicted octanol–water partition coefficient (Wildman–Crippen LogP) is 6.90. The van der Waals surface area contributed by atoms with Crippen LogP contribution in [0.1, 0.15) is 77.0 Å². The van der Waals surface area contributed by atoms with Gasteiger partial charge in [0.2, 0.25) is 0 Å². The first-order valence-electron chi connectivity index (χ1n) is 19.9. The quantitative estimate of drug-likeness (QED) is 0.181. The molecule has 0 radical (unpaired) electrons. The van der Waals surface area contributed by atoms with Crippen molar-refractivity contribution in [3.63, 3.8) is 0 Å². The Balaban J connectivity index is 1.32. The van der Waals surface area contributed by atoms with E-state index < -0.39 is 21.4 Å². The summed E-state index contributed by atoms with van der Waals surface area (Å²) in [7, 11) is -2.51. The average Bonchev–Trinajstić information content (AvgIpc) is 3.18. The molecule has 3 aromatic rings. The molecule has 9 nitrogen and oxygen atoms in total. The summed E-state index contributed by atoms with van der Waals surface area (Å²) in [5, 5.41) is 0. The zero-order valence-corrected chi connectivity index (χ0v) is 31.3. The van der Waals surface area contributed by atoms with Crippen molar-refractivity contribution in [1.82, 2.24) is 0 Å². The molecule has 54 heavy (non-hydrogen) atoms. The standard InChI is InChI=1S/C42H51B3O9/c1-2-8-14-20-47-38-26-35-28-40(32-38)49-22-16-10-5-6-12-18-24-51-42-30-36-29-41(33-42)50-23-17-11-4-3-9-15-21-48-39-27-34(25-37(31-39)46-19-13-7-1)43-52-44(35)54-45(36)53-43/h1-6,25-33H,7-24H2/b2-1-,4-3-,6-5-. The number of hydrogen-bond acceptors (Lipinski definition) is 9. The second-order valence-electron chi connectivity index (χ2n) is 14.0. The fourth-order valence-electron chi connectivity index (χ4n) is 6.65.